The molecule has 0 bridgehead atoms. The standard InChI is InChI=1S/C29H38N4O6S/c1-5-19(27(35)33-23(14-17(2)3)28(36)32-21-12-13-38-29(21)37-4)31-26(34)16-39-18-10-11-25-22(15-18)30-20-8-6-7-9-24(20)40-25/h6-11,15,17,19,21,23,29-30H,5,12-14,16H2,1-4H3,(H,31,34)(H,32,36)(H,33,35)/t19-,21-,23-,29?/m0/s1. The van der Waals surface area contributed by atoms with Crippen molar-refractivity contribution >= 4 is 40.9 Å². The van der Waals surface area contributed by atoms with Crippen LogP contribution in [0.4, 0.5) is 11.4 Å². The average Bonchev–Trinajstić information content (AvgIpc) is 3.39. The maximum atomic E-state index is 13.1. The van der Waals surface area contributed by atoms with Gasteiger partial charge in [0.05, 0.1) is 24.0 Å². The van der Waals surface area contributed by atoms with Gasteiger partial charge in [-0.2, -0.15) is 0 Å². The SMILES string of the molecule is CC[C@H](NC(=O)COc1ccc2c(c1)Nc1ccccc1S2)C(=O)N[C@@H](CC(C)C)C(=O)N[C@H]1CCOC1OC. The molecule has 216 valence electrons. The maximum Gasteiger partial charge on any atom is 0.258 e. The molecule has 40 heavy (non-hydrogen) atoms. The Bertz CT molecular complexity index is 1210. The minimum atomic E-state index is -0.807. The minimum Gasteiger partial charge on any atom is -0.484 e. The molecule has 1 fully saturated rings. The number of fused-ring (bicyclic) bond motifs is 2. The Morgan fingerprint density at radius 1 is 1.05 bits per heavy atom. The van der Waals surface area contributed by atoms with Gasteiger partial charge in [0.25, 0.3) is 5.91 Å². The van der Waals surface area contributed by atoms with E-state index < -0.39 is 30.2 Å². The number of hydrogen-bond donors (Lipinski definition) is 4. The molecule has 10 nitrogen and oxygen atoms in total. The zero-order valence-corrected chi connectivity index (χ0v) is 24.1. The molecule has 0 spiro atoms. The van der Waals surface area contributed by atoms with Crippen LogP contribution in [0.1, 0.15) is 40.0 Å². The lowest BCUT2D eigenvalue weighted by Crippen LogP contribution is -2.56. The summed E-state index contributed by atoms with van der Waals surface area (Å²) in [4.78, 5) is 41.0. The lowest BCUT2D eigenvalue weighted by atomic mass is 10.0. The van der Waals surface area contributed by atoms with E-state index in [2.05, 4.69) is 27.3 Å². The largest absolute Gasteiger partial charge is 0.484 e. The van der Waals surface area contributed by atoms with Crippen LogP contribution in [0.25, 0.3) is 0 Å². The Hall–Kier alpha value is -3.28. The summed E-state index contributed by atoms with van der Waals surface area (Å²) in [5.41, 5.74) is 1.93. The van der Waals surface area contributed by atoms with Crippen molar-refractivity contribution in [2.45, 2.75) is 74.2 Å². The fourth-order valence-electron chi connectivity index (χ4n) is 4.64. The van der Waals surface area contributed by atoms with Crippen molar-refractivity contribution in [1.29, 1.82) is 0 Å². The Balaban J connectivity index is 1.30. The molecular weight excluding hydrogens is 532 g/mol. The molecule has 4 rings (SSSR count). The third-order valence-electron chi connectivity index (χ3n) is 6.70. The number of nitrogens with one attached hydrogen (secondary N) is 4. The number of rotatable bonds is 12. The van der Waals surface area contributed by atoms with Crippen molar-refractivity contribution in [2.75, 3.05) is 25.6 Å². The van der Waals surface area contributed by atoms with Crippen molar-refractivity contribution in [1.82, 2.24) is 16.0 Å². The molecule has 2 aliphatic rings. The van der Waals surface area contributed by atoms with Crippen LogP contribution in [-0.2, 0) is 23.9 Å². The van der Waals surface area contributed by atoms with Crippen LogP contribution < -0.4 is 26.0 Å². The van der Waals surface area contributed by atoms with E-state index in [4.69, 9.17) is 14.2 Å². The van der Waals surface area contributed by atoms with Crippen LogP contribution in [0.3, 0.4) is 0 Å². The van der Waals surface area contributed by atoms with E-state index in [1.165, 1.54) is 7.11 Å². The zero-order valence-electron chi connectivity index (χ0n) is 23.3. The second-order valence-electron chi connectivity index (χ2n) is 10.3. The monoisotopic (exact) mass is 570 g/mol. The fraction of sp³-hybridized carbons (Fsp3) is 0.483. The van der Waals surface area contributed by atoms with Crippen LogP contribution in [0, 0.1) is 5.92 Å². The van der Waals surface area contributed by atoms with Crippen LogP contribution in [0.15, 0.2) is 52.3 Å². The van der Waals surface area contributed by atoms with Crippen LogP contribution in [0.2, 0.25) is 0 Å². The summed E-state index contributed by atoms with van der Waals surface area (Å²) < 4.78 is 16.5. The molecule has 0 aromatic heterocycles. The summed E-state index contributed by atoms with van der Waals surface area (Å²) >= 11 is 1.67. The molecule has 11 heteroatoms. The number of carbonyl (C=O) groups excluding carboxylic acids is 3. The van der Waals surface area contributed by atoms with E-state index in [1.54, 1.807) is 18.7 Å². The van der Waals surface area contributed by atoms with Gasteiger partial charge < -0.3 is 35.5 Å². The normalized spacial score (nSPS) is 19.0. The number of methoxy groups -OCH3 is 1. The predicted molar refractivity (Wildman–Crippen MR) is 153 cm³/mol. The highest BCUT2D eigenvalue weighted by molar-refractivity contribution is 7.99. The van der Waals surface area contributed by atoms with Crippen molar-refractivity contribution in [3.63, 3.8) is 0 Å². The van der Waals surface area contributed by atoms with Gasteiger partial charge in [-0.3, -0.25) is 14.4 Å². The van der Waals surface area contributed by atoms with Gasteiger partial charge in [-0.1, -0.05) is 44.7 Å². The topological polar surface area (TPSA) is 127 Å². The van der Waals surface area contributed by atoms with Gasteiger partial charge >= 0.3 is 0 Å². The van der Waals surface area contributed by atoms with Crippen LogP contribution in [0.5, 0.6) is 5.75 Å². The van der Waals surface area contributed by atoms with E-state index in [0.717, 1.165) is 21.2 Å². The van der Waals surface area contributed by atoms with Gasteiger partial charge in [-0.25, -0.2) is 0 Å². The van der Waals surface area contributed by atoms with Crippen molar-refractivity contribution in [3.05, 3.63) is 42.5 Å². The molecule has 1 saturated heterocycles. The van der Waals surface area contributed by atoms with Gasteiger partial charge in [0, 0.05) is 23.0 Å². The van der Waals surface area contributed by atoms with E-state index in [1.807, 2.05) is 50.2 Å². The Morgan fingerprint density at radius 2 is 1.82 bits per heavy atom. The van der Waals surface area contributed by atoms with E-state index >= 15 is 0 Å². The number of amides is 3. The Labute approximate surface area is 239 Å². The molecule has 2 aliphatic heterocycles. The molecule has 0 saturated carbocycles. The van der Waals surface area contributed by atoms with Gasteiger partial charge in [0.2, 0.25) is 11.8 Å². The quantitative estimate of drug-likeness (QED) is 0.260. The highest BCUT2D eigenvalue weighted by atomic mass is 32.2. The molecule has 2 aromatic carbocycles. The smallest absolute Gasteiger partial charge is 0.258 e. The third-order valence-corrected chi connectivity index (χ3v) is 7.85. The summed E-state index contributed by atoms with van der Waals surface area (Å²) in [5.74, 6) is -0.446. The Kier molecular flexibility index (Phi) is 10.3. The first kappa shape index (κ1) is 29.7. The van der Waals surface area contributed by atoms with Crippen molar-refractivity contribution in [2.24, 2.45) is 5.92 Å². The highest BCUT2D eigenvalue weighted by Crippen LogP contribution is 2.44. The van der Waals surface area contributed by atoms with Crippen LogP contribution >= 0.6 is 11.8 Å². The molecule has 4 N–H and O–H groups in total. The lowest BCUT2D eigenvalue weighted by Gasteiger charge is -2.26. The first-order valence-electron chi connectivity index (χ1n) is 13.6. The van der Waals surface area contributed by atoms with E-state index in [9.17, 15) is 14.4 Å². The molecule has 2 aromatic rings. The van der Waals surface area contributed by atoms with Crippen molar-refractivity contribution in [3.8, 4) is 5.75 Å². The molecule has 0 radical (unpaired) electrons. The average molecular weight is 571 g/mol. The van der Waals surface area contributed by atoms with Gasteiger partial charge in [0.1, 0.15) is 17.8 Å². The summed E-state index contributed by atoms with van der Waals surface area (Å²) in [6, 6.07) is 11.8. The summed E-state index contributed by atoms with van der Waals surface area (Å²) in [6.45, 7) is 6.00. The molecular formula is C29H38N4O6S. The molecule has 4 atom stereocenters. The third kappa shape index (κ3) is 7.67. The number of benzene rings is 2. The number of carbonyl (C=O) groups is 3. The number of ether oxygens (including phenoxy) is 3. The predicted octanol–water partition coefficient (Wildman–Crippen LogP) is 3.58. The molecule has 2 heterocycles. The zero-order chi connectivity index (χ0) is 28.6. The van der Waals surface area contributed by atoms with Gasteiger partial charge in [-0.15, -0.1) is 0 Å². The maximum absolute atomic E-state index is 13.1. The summed E-state index contributed by atoms with van der Waals surface area (Å²) in [7, 11) is 1.53. The van der Waals surface area contributed by atoms with Gasteiger partial charge in [-0.05, 0) is 49.4 Å². The summed E-state index contributed by atoms with van der Waals surface area (Å²) in [6.07, 6.45) is 0.926. The second kappa shape index (κ2) is 13.9. The second-order valence-corrected chi connectivity index (χ2v) is 11.4. The number of anilines is 2. The highest BCUT2D eigenvalue weighted by Gasteiger charge is 2.33. The molecule has 0 aliphatic carbocycles. The first-order chi connectivity index (χ1) is 19.3. The number of hydrogen-bond acceptors (Lipinski definition) is 8. The van der Waals surface area contributed by atoms with E-state index in [0.29, 0.717) is 31.6 Å². The van der Waals surface area contributed by atoms with Crippen LogP contribution in [-0.4, -0.2) is 62.5 Å². The molecule has 1 unspecified atom stereocenters. The van der Waals surface area contributed by atoms with Crippen molar-refractivity contribution < 1.29 is 28.6 Å². The molecule has 3 amide bonds. The summed E-state index contributed by atoms with van der Waals surface area (Å²) in [5, 5.41) is 11.9. The van der Waals surface area contributed by atoms with E-state index in [-0.39, 0.29) is 24.5 Å². The van der Waals surface area contributed by atoms with Gasteiger partial charge in [0.15, 0.2) is 12.9 Å². The minimum absolute atomic E-state index is 0.162. The number of para-hydroxylation sites is 1. The first-order valence-corrected chi connectivity index (χ1v) is 14.4. The Morgan fingerprint density at radius 3 is 2.58 bits per heavy atom. The lowest BCUT2D eigenvalue weighted by molar-refractivity contribution is -0.135. The fourth-order valence-corrected chi connectivity index (χ4v) is 5.61.